The van der Waals surface area contributed by atoms with Gasteiger partial charge in [0.2, 0.25) is 11.8 Å². The maximum absolute atomic E-state index is 14.4. The monoisotopic (exact) mass is 617 g/mol. The number of nitrogens with zero attached hydrogens (tertiary/aromatic N) is 2. The topological polar surface area (TPSA) is 86.8 Å². The minimum absolute atomic E-state index is 0.0647. The Morgan fingerprint density at radius 2 is 1.44 bits per heavy atom. The summed E-state index contributed by atoms with van der Waals surface area (Å²) in [6.45, 7) is 5.61. The van der Waals surface area contributed by atoms with Crippen LogP contribution in [-0.4, -0.2) is 44.3 Å². The summed E-state index contributed by atoms with van der Waals surface area (Å²) in [7, 11) is -4.14. The number of hydrogen-bond donors (Lipinski definition) is 1. The molecule has 0 unspecified atom stereocenters. The third kappa shape index (κ3) is 8.03. The lowest BCUT2D eigenvalue weighted by Crippen LogP contribution is -2.53. The van der Waals surface area contributed by atoms with Crippen molar-refractivity contribution < 1.29 is 18.0 Å². The molecule has 0 spiro atoms. The van der Waals surface area contributed by atoms with Crippen LogP contribution in [0.2, 0.25) is 5.02 Å². The number of carbonyl (C=O) groups excluding carboxylic acids is 2. The van der Waals surface area contributed by atoms with Crippen molar-refractivity contribution in [3.8, 4) is 0 Å². The van der Waals surface area contributed by atoms with Crippen molar-refractivity contribution in [1.29, 1.82) is 0 Å². The zero-order valence-electron chi connectivity index (χ0n) is 24.5. The number of benzene rings is 4. The van der Waals surface area contributed by atoms with Crippen LogP contribution in [0.4, 0.5) is 5.69 Å². The third-order valence-electron chi connectivity index (χ3n) is 7.28. The second-order valence-corrected chi connectivity index (χ2v) is 12.6. The Morgan fingerprint density at radius 3 is 2.05 bits per heavy atom. The summed E-state index contributed by atoms with van der Waals surface area (Å²) in [4.78, 5) is 29.5. The molecule has 4 aromatic carbocycles. The van der Waals surface area contributed by atoms with Crippen LogP contribution >= 0.6 is 11.6 Å². The molecule has 43 heavy (non-hydrogen) atoms. The maximum Gasteiger partial charge on any atom is 0.264 e. The molecule has 2 amide bonds. The van der Waals surface area contributed by atoms with Crippen LogP contribution in [0.15, 0.2) is 108 Å². The number of amides is 2. The first-order valence-corrected chi connectivity index (χ1v) is 15.9. The van der Waals surface area contributed by atoms with E-state index in [-0.39, 0.29) is 23.8 Å². The summed E-state index contributed by atoms with van der Waals surface area (Å²) in [5.41, 5.74) is 3.87. The molecular formula is C34H36ClN3O4S. The molecule has 0 bridgehead atoms. The Labute approximate surface area is 259 Å². The summed E-state index contributed by atoms with van der Waals surface area (Å²) >= 11 is 6.12. The SMILES string of the molecule is CCNC(=O)[C@H](Cc1ccccc1)N(Cc1ccc(Cl)cc1)C(=O)CN(c1ccc(C)c(C)c1)S(=O)(=O)c1ccccc1. The molecular weight excluding hydrogens is 582 g/mol. The van der Waals surface area contributed by atoms with Crippen LogP contribution in [0.3, 0.4) is 0 Å². The van der Waals surface area contributed by atoms with Gasteiger partial charge in [-0.15, -0.1) is 0 Å². The largest absolute Gasteiger partial charge is 0.355 e. The molecule has 224 valence electrons. The standard InChI is InChI=1S/C34H36ClN3O4S/c1-4-36-34(40)32(22-27-11-7-5-8-12-27)37(23-28-16-18-29(35)19-17-28)33(39)24-38(30-20-15-25(2)26(3)21-30)43(41,42)31-13-9-6-10-14-31/h5-21,32H,4,22-24H2,1-3H3,(H,36,40)/t32-/m0/s1. The number of sulfonamides is 1. The van der Waals surface area contributed by atoms with Crippen LogP contribution in [0, 0.1) is 13.8 Å². The van der Waals surface area contributed by atoms with E-state index in [0.29, 0.717) is 17.3 Å². The fourth-order valence-corrected chi connectivity index (χ4v) is 6.31. The van der Waals surface area contributed by atoms with Crippen LogP contribution < -0.4 is 9.62 Å². The van der Waals surface area contributed by atoms with Gasteiger partial charge in [0.1, 0.15) is 12.6 Å². The first-order chi connectivity index (χ1) is 20.6. The highest BCUT2D eigenvalue weighted by Gasteiger charge is 2.34. The molecule has 0 radical (unpaired) electrons. The molecule has 4 rings (SSSR count). The lowest BCUT2D eigenvalue weighted by Gasteiger charge is -2.34. The number of nitrogens with one attached hydrogen (secondary N) is 1. The fourth-order valence-electron chi connectivity index (χ4n) is 4.76. The van der Waals surface area contributed by atoms with E-state index in [4.69, 9.17) is 11.6 Å². The van der Waals surface area contributed by atoms with E-state index < -0.39 is 28.5 Å². The molecule has 0 aromatic heterocycles. The van der Waals surface area contributed by atoms with Crippen molar-refractivity contribution in [2.24, 2.45) is 0 Å². The van der Waals surface area contributed by atoms with Gasteiger partial charge in [0.05, 0.1) is 10.6 Å². The van der Waals surface area contributed by atoms with E-state index in [2.05, 4.69) is 5.32 Å². The number of halogens is 1. The molecule has 4 aromatic rings. The fraction of sp³-hybridized carbons (Fsp3) is 0.235. The highest BCUT2D eigenvalue weighted by atomic mass is 35.5. The molecule has 0 aliphatic carbocycles. The molecule has 0 saturated heterocycles. The molecule has 0 aliphatic heterocycles. The number of anilines is 1. The molecule has 1 atom stereocenters. The number of hydrogen-bond acceptors (Lipinski definition) is 4. The Hall–Kier alpha value is -4.14. The summed E-state index contributed by atoms with van der Waals surface area (Å²) in [5.74, 6) is -0.836. The lowest BCUT2D eigenvalue weighted by molar-refractivity contribution is -0.140. The highest BCUT2D eigenvalue weighted by Crippen LogP contribution is 2.27. The number of likely N-dealkylation sites (N-methyl/N-ethyl adjacent to an activating group) is 1. The van der Waals surface area contributed by atoms with Gasteiger partial charge in [0.15, 0.2) is 0 Å². The highest BCUT2D eigenvalue weighted by molar-refractivity contribution is 7.92. The van der Waals surface area contributed by atoms with Gasteiger partial charge in [-0.3, -0.25) is 13.9 Å². The normalized spacial score (nSPS) is 11.9. The van der Waals surface area contributed by atoms with Crippen LogP contribution in [0.25, 0.3) is 0 Å². The van der Waals surface area contributed by atoms with E-state index in [0.717, 1.165) is 26.6 Å². The van der Waals surface area contributed by atoms with Gasteiger partial charge in [-0.2, -0.15) is 0 Å². The summed E-state index contributed by atoms with van der Waals surface area (Å²) in [6.07, 6.45) is 0.251. The smallest absolute Gasteiger partial charge is 0.264 e. The molecule has 7 nitrogen and oxygen atoms in total. The Balaban J connectivity index is 1.80. The van der Waals surface area contributed by atoms with Crippen molar-refractivity contribution in [2.75, 3.05) is 17.4 Å². The minimum atomic E-state index is -4.14. The van der Waals surface area contributed by atoms with Gasteiger partial charge in [0.25, 0.3) is 10.0 Å². The van der Waals surface area contributed by atoms with Gasteiger partial charge in [-0.1, -0.05) is 78.3 Å². The number of carbonyl (C=O) groups is 2. The average molecular weight is 618 g/mol. The molecule has 9 heteroatoms. The minimum Gasteiger partial charge on any atom is -0.355 e. The van der Waals surface area contributed by atoms with Gasteiger partial charge >= 0.3 is 0 Å². The molecule has 0 aliphatic rings. The molecule has 0 heterocycles. The van der Waals surface area contributed by atoms with Crippen LogP contribution in [0.5, 0.6) is 0 Å². The number of aryl methyl sites for hydroxylation is 2. The van der Waals surface area contributed by atoms with E-state index in [1.54, 1.807) is 54.6 Å². The van der Waals surface area contributed by atoms with Crippen molar-refractivity contribution >= 4 is 39.1 Å². The first kappa shape index (κ1) is 31.8. The van der Waals surface area contributed by atoms with Crippen molar-refractivity contribution in [3.05, 3.63) is 130 Å². The van der Waals surface area contributed by atoms with Gasteiger partial charge in [-0.25, -0.2) is 8.42 Å². The Bertz CT molecular complexity index is 1650. The average Bonchev–Trinajstić information content (AvgIpc) is 3.01. The molecule has 0 saturated carbocycles. The van der Waals surface area contributed by atoms with Gasteiger partial charge < -0.3 is 10.2 Å². The van der Waals surface area contributed by atoms with E-state index in [1.807, 2.05) is 57.2 Å². The van der Waals surface area contributed by atoms with Crippen molar-refractivity contribution in [2.45, 2.75) is 44.7 Å². The van der Waals surface area contributed by atoms with Crippen LogP contribution in [0.1, 0.15) is 29.2 Å². The quantitative estimate of drug-likeness (QED) is 0.214. The zero-order valence-corrected chi connectivity index (χ0v) is 26.1. The first-order valence-electron chi connectivity index (χ1n) is 14.1. The van der Waals surface area contributed by atoms with E-state index >= 15 is 0 Å². The zero-order chi connectivity index (χ0) is 31.0. The van der Waals surface area contributed by atoms with E-state index in [1.165, 1.54) is 17.0 Å². The van der Waals surface area contributed by atoms with Gasteiger partial charge in [-0.05, 0) is 79.4 Å². The third-order valence-corrected chi connectivity index (χ3v) is 9.32. The van der Waals surface area contributed by atoms with Crippen LogP contribution in [-0.2, 0) is 32.6 Å². The second-order valence-electron chi connectivity index (χ2n) is 10.3. The summed E-state index contributed by atoms with van der Waals surface area (Å²) in [6, 6.07) is 28.9. The predicted molar refractivity (Wildman–Crippen MR) is 172 cm³/mol. The lowest BCUT2D eigenvalue weighted by atomic mass is 10.0. The second kappa shape index (κ2) is 14.4. The van der Waals surface area contributed by atoms with Gasteiger partial charge in [0, 0.05) is 24.5 Å². The Kier molecular flexibility index (Phi) is 10.6. The predicted octanol–water partition coefficient (Wildman–Crippen LogP) is 5.93. The summed E-state index contributed by atoms with van der Waals surface area (Å²) < 4.78 is 29.2. The number of rotatable bonds is 12. The summed E-state index contributed by atoms with van der Waals surface area (Å²) in [5, 5.41) is 3.41. The maximum atomic E-state index is 14.4. The molecule has 1 N–H and O–H groups in total. The Morgan fingerprint density at radius 1 is 0.814 bits per heavy atom. The van der Waals surface area contributed by atoms with Crippen molar-refractivity contribution in [1.82, 2.24) is 10.2 Å². The van der Waals surface area contributed by atoms with Crippen molar-refractivity contribution in [3.63, 3.8) is 0 Å². The van der Waals surface area contributed by atoms with E-state index in [9.17, 15) is 18.0 Å². The molecule has 0 fully saturated rings.